The Labute approximate surface area is 113 Å². The van der Waals surface area contributed by atoms with Gasteiger partial charge in [-0.2, -0.15) is 13.2 Å². The van der Waals surface area contributed by atoms with Crippen LogP contribution in [0.15, 0.2) is 23.4 Å². The molecule has 0 saturated carbocycles. The van der Waals surface area contributed by atoms with Crippen molar-refractivity contribution in [2.45, 2.75) is 36.7 Å². The van der Waals surface area contributed by atoms with Crippen LogP contribution in [-0.2, 0) is 15.7 Å². The molecular weight excluding hydrogens is 279 g/mol. The second-order valence-electron chi connectivity index (χ2n) is 3.65. The Balaban J connectivity index is 2.73. The maximum absolute atomic E-state index is 12.4. The molecule has 0 aromatic carbocycles. The summed E-state index contributed by atoms with van der Waals surface area (Å²) in [4.78, 5) is 15.3. The quantitative estimate of drug-likeness (QED) is 0.615. The van der Waals surface area contributed by atoms with Crippen molar-refractivity contribution in [3.05, 3.63) is 23.9 Å². The van der Waals surface area contributed by atoms with E-state index in [9.17, 15) is 18.0 Å². The fourth-order valence-electron chi connectivity index (χ4n) is 1.30. The van der Waals surface area contributed by atoms with Gasteiger partial charge < -0.3 is 4.74 Å². The van der Waals surface area contributed by atoms with Gasteiger partial charge in [0.2, 0.25) is 0 Å². The van der Waals surface area contributed by atoms with Gasteiger partial charge in [-0.25, -0.2) is 4.98 Å². The van der Waals surface area contributed by atoms with Gasteiger partial charge in [-0.1, -0.05) is 18.7 Å². The van der Waals surface area contributed by atoms with E-state index in [0.717, 1.165) is 24.0 Å². The van der Waals surface area contributed by atoms with Gasteiger partial charge >= 0.3 is 12.1 Å². The van der Waals surface area contributed by atoms with E-state index in [4.69, 9.17) is 4.74 Å². The van der Waals surface area contributed by atoms with Crippen LogP contribution < -0.4 is 0 Å². The van der Waals surface area contributed by atoms with Crippen molar-refractivity contribution in [3.63, 3.8) is 0 Å². The number of pyridine rings is 1. The van der Waals surface area contributed by atoms with Gasteiger partial charge in [-0.3, -0.25) is 4.79 Å². The summed E-state index contributed by atoms with van der Waals surface area (Å²) in [6, 6.07) is 2.21. The molecule has 0 aliphatic heterocycles. The molecule has 0 fully saturated rings. The van der Waals surface area contributed by atoms with E-state index in [2.05, 4.69) is 4.98 Å². The molecule has 1 aromatic rings. The number of esters is 1. The zero-order valence-corrected chi connectivity index (χ0v) is 11.3. The van der Waals surface area contributed by atoms with Gasteiger partial charge in [0.05, 0.1) is 17.2 Å². The summed E-state index contributed by atoms with van der Waals surface area (Å²) in [5.74, 6) is -0.378. The molecule has 1 aromatic heterocycles. The van der Waals surface area contributed by atoms with Crippen LogP contribution in [-0.4, -0.2) is 22.8 Å². The first-order valence-electron chi connectivity index (χ1n) is 5.75. The summed E-state index contributed by atoms with van der Waals surface area (Å²) in [6.07, 6.45) is -3.12. The Kier molecular flexibility index (Phi) is 5.65. The highest BCUT2D eigenvalue weighted by molar-refractivity contribution is 8.00. The number of halogens is 3. The molecule has 19 heavy (non-hydrogen) atoms. The Bertz CT molecular complexity index is 420. The number of ether oxygens (including phenoxy) is 1. The SMILES string of the molecule is CCOC(=O)C(CC)Sc1ccc(C(F)(F)F)cn1. The molecule has 106 valence electrons. The molecule has 0 saturated heterocycles. The smallest absolute Gasteiger partial charge is 0.417 e. The van der Waals surface area contributed by atoms with Crippen molar-refractivity contribution in [3.8, 4) is 0 Å². The number of carbonyl (C=O) groups is 1. The zero-order chi connectivity index (χ0) is 14.5. The molecule has 1 heterocycles. The van der Waals surface area contributed by atoms with Crippen molar-refractivity contribution < 1.29 is 22.7 Å². The van der Waals surface area contributed by atoms with E-state index in [1.165, 1.54) is 6.07 Å². The third-order valence-electron chi connectivity index (χ3n) is 2.25. The molecule has 0 aliphatic rings. The van der Waals surface area contributed by atoms with Gasteiger partial charge in [0.1, 0.15) is 5.25 Å². The number of carbonyl (C=O) groups excluding carboxylic acids is 1. The second kappa shape index (κ2) is 6.79. The first-order valence-corrected chi connectivity index (χ1v) is 6.63. The summed E-state index contributed by atoms with van der Waals surface area (Å²) >= 11 is 1.10. The highest BCUT2D eigenvalue weighted by Gasteiger charge is 2.31. The molecule has 7 heteroatoms. The molecule has 0 aliphatic carbocycles. The molecule has 0 spiro atoms. The van der Waals surface area contributed by atoms with Gasteiger partial charge in [-0.05, 0) is 25.5 Å². The Morgan fingerprint density at radius 3 is 2.53 bits per heavy atom. The minimum absolute atomic E-state index is 0.274. The number of rotatable bonds is 5. The number of hydrogen-bond acceptors (Lipinski definition) is 4. The predicted molar refractivity (Wildman–Crippen MR) is 65.8 cm³/mol. The van der Waals surface area contributed by atoms with Crippen LogP contribution in [0.5, 0.6) is 0 Å². The highest BCUT2D eigenvalue weighted by Crippen LogP contribution is 2.31. The number of alkyl halides is 3. The lowest BCUT2D eigenvalue weighted by atomic mass is 10.3. The first-order chi connectivity index (χ1) is 8.88. The normalized spacial score (nSPS) is 13.1. The van der Waals surface area contributed by atoms with E-state index in [-0.39, 0.29) is 12.6 Å². The van der Waals surface area contributed by atoms with Crippen molar-refractivity contribution in [2.24, 2.45) is 0 Å². The van der Waals surface area contributed by atoms with E-state index in [1.807, 2.05) is 0 Å². The van der Waals surface area contributed by atoms with Crippen LogP contribution >= 0.6 is 11.8 Å². The monoisotopic (exact) mass is 293 g/mol. The minimum atomic E-state index is -4.40. The maximum Gasteiger partial charge on any atom is 0.417 e. The predicted octanol–water partition coefficient (Wildman–Crippen LogP) is 3.53. The van der Waals surface area contributed by atoms with Crippen LogP contribution in [0.4, 0.5) is 13.2 Å². The number of aromatic nitrogens is 1. The Morgan fingerprint density at radius 1 is 1.42 bits per heavy atom. The molecule has 0 radical (unpaired) electrons. The molecule has 1 rings (SSSR count). The third kappa shape index (κ3) is 4.74. The van der Waals surface area contributed by atoms with Gasteiger partial charge in [0.25, 0.3) is 0 Å². The van der Waals surface area contributed by atoms with Gasteiger partial charge in [0, 0.05) is 6.20 Å². The van der Waals surface area contributed by atoms with Gasteiger partial charge in [0.15, 0.2) is 0 Å². The molecular formula is C12H14F3NO2S. The average Bonchev–Trinajstić information content (AvgIpc) is 2.35. The third-order valence-corrected chi connectivity index (χ3v) is 3.54. The summed E-state index contributed by atoms with van der Waals surface area (Å²) in [5.41, 5.74) is -0.805. The summed E-state index contributed by atoms with van der Waals surface area (Å²) < 4.78 is 41.9. The van der Waals surface area contributed by atoms with Crippen molar-refractivity contribution in [1.82, 2.24) is 4.98 Å². The molecule has 3 nitrogen and oxygen atoms in total. The van der Waals surface area contributed by atoms with Crippen LogP contribution in [0.3, 0.4) is 0 Å². The van der Waals surface area contributed by atoms with Crippen molar-refractivity contribution in [2.75, 3.05) is 6.61 Å². The van der Waals surface area contributed by atoms with E-state index >= 15 is 0 Å². The highest BCUT2D eigenvalue weighted by atomic mass is 32.2. The zero-order valence-electron chi connectivity index (χ0n) is 10.5. The largest absolute Gasteiger partial charge is 0.465 e. The van der Waals surface area contributed by atoms with Crippen LogP contribution in [0.1, 0.15) is 25.8 Å². The summed E-state index contributed by atoms with van der Waals surface area (Å²) in [6.45, 7) is 3.78. The lowest BCUT2D eigenvalue weighted by Gasteiger charge is -2.13. The van der Waals surface area contributed by atoms with E-state index in [1.54, 1.807) is 13.8 Å². The Hall–Kier alpha value is -1.24. The minimum Gasteiger partial charge on any atom is -0.465 e. The second-order valence-corrected chi connectivity index (χ2v) is 4.87. The lowest BCUT2D eigenvalue weighted by molar-refractivity contribution is -0.142. The van der Waals surface area contributed by atoms with Crippen molar-refractivity contribution >= 4 is 17.7 Å². The molecule has 1 unspecified atom stereocenters. The van der Waals surface area contributed by atoms with Crippen LogP contribution in [0, 0.1) is 0 Å². The number of nitrogens with zero attached hydrogens (tertiary/aromatic N) is 1. The summed E-state index contributed by atoms with van der Waals surface area (Å²) in [7, 11) is 0. The number of hydrogen-bond donors (Lipinski definition) is 0. The Morgan fingerprint density at radius 2 is 2.11 bits per heavy atom. The van der Waals surface area contributed by atoms with Crippen molar-refractivity contribution in [1.29, 1.82) is 0 Å². The van der Waals surface area contributed by atoms with Gasteiger partial charge in [-0.15, -0.1) is 0 Å². The van der Waals surface area contributed by atoms with Crippen LogP contribution in [0.25, 0.3) is 0 Å². The fraction of sp³-hybridized carbons (Fsp3) is 0.500. The van der Waals surface area contributed by atoms with E-state index < -0.39 is 17.0 Å². The maximum atomic E-state index is 12.4. The molecule has 0 bridgehead atoms. The first kappa shape index (κ1) is 15.8. The lowest BCUT2D eigenvalue weighted by Crippen LogP contribution is -2.19. The standard InChI is InChI=1S/C12H14F3NO2S/c1-3-9(11(17)18-4-2)19-10-6-5-8(7-16-10)12(13,14)15/h5-7,9H,3-4H2,1-2H3. The molecule has 1 atom stereocenters. The fourth-order valence-corrected chi connectivity index (χ4v) is 2.18. The topological polar surface area (TPSA) is 39.2 Å². The summed E-state index contributed by atoms with van der Waals surface area (Å²) in [5, 5.41) is -0.0860. The molecule has 0 N–H and O–H groups in total. The number of thioether (sulfide) groups is 1. The average molecular weight is 293 g/mol. The van der Waals surface area contributed by atoms with E-state index in [0.29, 0.717) is 11.4 Å². The van der Waals surface area contributed by atoms with Crippen LogP contribution in [0.2, 0.25) is 0 Å². The molecule has 0 amide bonds.